The Balaban J connectivity index is 2.11. The molecule has 0 aliphatic heterocycles. The van der Waals surface area contributed by atoms with Gasteiger partial charge in [0.05, 0.1) is 26.7 Å². The highest BCUT2D eigenvalue weighted by Crippen LogP contribution is 2.36. The molecule has 7 nitrogen and oxygen atoms in total. The minimum atomic E-state index is -0.554. The number of nitrogens with zero attached hydrogens (tertiary/aromatic N) is 1. The van der Waals surface area contributed by atoms with Gasteiger partial charge in [0.15, 0.2) is 6.61 Å². The minimum Gasteiger partial charge on any atom is -0.495 e. The van der Waals surface area contributed by atoms with E-state index in [0.29, 0.717) is 20.4 Å². The fourth-order valence-corrected chi connectivity index (χ4v) is 4.39. The topological polar surface area (TPSA) is 90.7 Å². The third-order valence-electron chi connectivity index (χ3n) is 2.98. The number of carbonyl (C=O) groups excluding carboxylic acids is 1. The maximum absolute atomic E-state index is 12.1. The zero-order valence-corrected chi connectivity index (χ0v) is 17.5. The summed E-state index contributed by atoms with van der Waals surface area (Å²) in [5.41, 5.74) is 0.0367. The summed E-state index contributed by atoms with van der Waals surface area (Å²) in [6.45, 7) is -0.287. The van der Waals surface area contributed by atoms with Crippen molar-refractivity contribution >= 4 is 65.1 Å². The molecule has 0 aliphatic rings. The van der Waals surface area contributed by atoms with Crippen LogP contribution in [-0.4, -0.2) is 24.5 Å². The van der Waals surface area contributed by atoms with Crippen LogP contribution in [0.5, 0.6) is 11.5 Å². The van der Waals surface area contributed by atoms with Gasteiger partial charge in [0.2, 0.25) is 0 Å². The van der Waals surface area contributed by atoms with Crippen LogP contribution in [0.15, 0.2) is 43.7 Å². The van der Waals surface area contributed by atoms with Crippen molar-refractivity contribution in [3.63, 3.8) is 0 Å². The van der Waals surface area contributed by atoms with Gasteiger partial charge in [-0.1, -0.05) is 15.9 Å². The maximum atomic E-state index is 12.1. The van der Waals surface area contributed by atoms with E-state index in [4.69, 9.17) is 9.47 Å². The van der Waals surface area contributed by atoms with Gasteiger partial charge in [0, 0.05) is 16.6 Å². The quantitative estimate of drug-likeness (QED) is 0.417. The van der Waals surface area contributed by atoms with Crippen LogP contribution in [-0.2, 0) is 4.79 Å². The summed E-state index contributed by atoms with van der Waals surface area (Å²) in [4.78, 5) is 22.4. The molecule has 0 radical (unpaired) electrons. The number of nitro groups is 1. The Bertz CT molecular complexity index is 806. The average molecular weight is 539 g/mol. The normalized spacial score (nSPS) is 10.2. The number of carbonyl (C=O) groups is 1. The predicted molar refractivity (Wildman–Crippen MR) is 103 cm³/mol. The highest BCUT2D eigenvalue weighted by Gasteiger charge is 2.15. The van der Waals surface area contributed by atoms with Gasteiger partial charge in [0.25, 0.3) is 11.6 Å². The number of non-ortho nitro benzene ring substituents is 1. The lowest BCUT2D eigenvalue weighted by molar-refractivity contribution is -0.384. The van der Waals surface area contributed by atoms with E-state index >= 15 is 0 Å². The molecule has 2 rings (SSSR count). The van der Waals surface area contributed by atoms with Crippen LogP contribution in [0.25, 0.3) is 0 Å². The molecule has 0 aromatic heterocycles. The lowest BCUT2D eigenvalue weighted by Crippen LogP contribution is -2.20. The number of rotatable bonds is 6. The number of hydrogen-bond acceptors (Lipinski definition) is 5. The van der Waals surface area contributed by atoms with Crippen molar-refractivity contribution in [2.75, 3.05) is 19.0 Å². The molecule has 0 aliphatic carbocycles. The molecule has 1 amide bonds. The number of ether oxygens (including phenoxy) is 2. The van der Waals surface area contributed by atoms with Gasteiger partial charge < -0.3 is 14.8 Å². The van der Waals surface area contributed by atoms with Crippen LogP contribution in [0, 0.1) is 10.1 Å². The number of nitro benzene ring substituents is 1. The van der Waals surface area contributed by atoms with E-state index in [1.54, 1.807) is 12.1 Å². The molecule has 132 valence electrons. The van der Waals surface area contributed by atoms with Crippen molar-refractivity contribution in [2.45, 2.75) is 0 Å². The van der Waals surface area contributed by atoms with E-state index in [2.05, 4.69) is 53.1 Å². The summed E-state index contributed by atoms with van der Waals surface area (Å²) in [6.07, 6.45) is 0. The van der Waals surface area contributed by atoms with Gasteiger partial charge in [0.1, 0.15) is 11.5 Å². The Morgan fingerprint density at radius 3 is 2.40 bits per heavy atom. The van der Waals surface area contributed by atoms with Crippen LogP contribution in [0.1, 0.15) is 0 Å². The number of benzene rings is 2. The van der Waals surface area contributed by atoms with E-state index in [-0.39, 0.29) is 18.0 Å². The summed E-state index contributed by atoms with van der Waals surface area (Å²) in [7, 11) is 1.41. The van der Waals surface area contributed by atoms with E-state index in [0.717, 1.165) is 4.47 Å². The molecule has 2 aromatic carbocycles. The van der Waals surface area contributed by atoms with E-state index in [9.17, 15) is 14.9 Å². The smallest absolute Gasteiger partial charge is 0.271 e. The van der Waals surface area contributed by atoms with Gasteiger partial charge in [-0.05, 0) is 50.1 Å². The lowest BCUT2D eigenvalue weighted by Gasteiger charge is -2.12. The molecule has 0 bridgehead atoms. The van der Waals surface area contributed by atoms with Crippen molar-refractivity contribution in [3.8, 4) is 11.5 Å². The Kier molecular flexibility index (Phi) is 6.79. The van der Waals surface area contributed by atoms with E-state index in [1.807, 2.05) is 0 Å². The van der Waals surface area contributed by atoms with Crippen molar-refractivity contribution < 1.29 is 19.2 Å². The fourth-order valence-electron chi connectivity index (χ4n) is 1.90. The molecule has 0 fully saturated rings. The molecule has 25 heavy (non-hydrogen) atoms. The summed E-state index contributed by atoms with van der Waals surface area (Å²) in [5, 5.41) is 13.4. The minimum absolute atomic E-state index is 0.157. The van der Waals surface area contributed by atoms with Gasteiger partial charge in [-0.15, -0.1) is 0 Å². The zero-order chi connectivity index (χ0) is 18.6. The van der Waals surface area contributed by atoms with Crippen LogP contribution in [0.4, 0.5) is 11.4 Å². The molecule has 10 heteroatoms. The van der Waals surface area contributed by atoms with Gasteiger partial charge in [-0.3, -0.25) is 14.9 Å². The summed E-state index contributed by atoms with van der Waals surface area (Å²) in [5.74, 6) is 0.287. The van der Waals surface area contributed by atoms with E-state index < -0.39 is 10.8 Å². The number of methoxy groups -OCH3 is 1. The third-order valence-corrected chi connectivity index (χ3v) is 4.61. The van der Waals surface area contributed by atoms with Crippen molar-refractivity contribution in [1.29, 1.82) is 0 Å². The fraction of sp³-hybridized carbons (Fsp3) is 0.133. The highest BCUT2D eigenvalue weighted by atomic mass is 79.9. The Labute approximate surface area is 168 Å². The molecule has 2 aromatic rings. The number of amides is 1. The Morgan fingerprint density at radius 2 is 1.84 bits per heavy atom. The number of nitrogens with one attached hydrogen (secondary N) is 1. The Hall–Kier alpha value is -1.65. The molecule has 0 heterocycles. The van der Waals surface area contributed by atoms with Crippen LogP contribution >= 0.6 is 47.8 Å². The van der Waals surface area contributed by atoms with Crippen molar-refractivity contribution in [3.05, 3.63) is 53.9 Å². The molecule has 1 N–H and O–H groups in total. The monoisotopic (exact) mass is 536 g/mol. The number of halogens is 3. The van der Waals surface area contributed by atoms with E-state index in [1.165, 1.54) is 25.3 Å². The summed E-state index contributed by atoms with van der Waals surface area (Å²) in [6, 6.07) is 7.49. The van der Waals surface area contributed by atoms with Crippen LogP contribution in [0.3, 0.4) is 0 Å². The van der Waals surface area contributed by atoms with Crippen molar-refractivity contribution in [2.24, 2.45) is 0 Å². The largest absolute Gasteiger partial charge is 0.495 e. The predicted octanol–water partition coefficient (Wildman–Crippen LogP) is 4.91. The lowest BCUT2D eigenvalue weighted by atomic mass is 10.2. The second-order valence-corrected chi connectivity index (χ2v) is 7.30. The molecule has 0 unspecified atom stereocenters. The molecule has 0 spiro atoms. The molecular formula is C15H11Br3N2O5. The van der Waals surface area contributed by atoms with Gasteiger partial charge in [-0.2, -0.15) is 0 Å². The SMILES string of the molecule is COc1ccc([N+](=O)[O-])cc1NC(=O)COc1c(Br)cc(Br)cc1Br. The first-order chi connectivity index (χ1) is 11.8. The van der Waals surface area contributed by atoms with Gasteiger partial charge in [-0.25, -0.2) is 0 Å². The zero-order valence-electron chi connectivity index (χ0n) is 12.7. The first kappa shape index (κ1) is 19.7. The molecule has 0 saturated heterocycles. The first-order valence-electron chi connectivity index (χ1n) is 6.71. The van der Waals surface area contributed by atoms with Crippen LogP contribution < -0.4 is 14.8 Å². The number of hydrogen-bond donors (Lipinski definition) is 1. The Morgan fingerprint density at radius 1 is 1.20 bits per heavy atom. The summed E-state index contributed by atoms with van der Waals surface area (Å²) < 4.78 is 12.8. The molecular weight excluding hydrogens is 528 g/mol. The van der Waals surface area contributed by atoms with Crippen molar-refractivity contribution in [1.82, 2.24) is 0 Å². The van der Waals surface area contributed by atoms with Gasteiger partial charge >= 0.3 is 0 Å². The number of anilines is 1. The van der Waals surface area contributed by atoms with Crippen LogP contribution in [0.2, 0.25) is 0 Å². The third kappa shape index (κ3) is 5.16. The molecule has 0 atom stereocenters. The average Bonchev–Trinajstić information content (AvgIpc) is 2.53. The second kappa shape index (κ2) is 8.63. The second-order valence-electron chi connectivity index (χ2n) is 4.68. The summed E-state index contributed by atoms with van der Waals surface area (Å²) >= 11 is 10.0. The highest BCUT2D eigenvalue weighted by molar-refractivity contribution is 9.11. The maximum Gasteiger partial charge on any atom is 0.271 e. The standard InChI is InChI=1S/C15H11Br3N2O5/c1-24-13-3-2-9(20(22)23)6-12(13)19-14(21)7-25-15-10(17)4-8(16)5-11(15)18/h2-6H,7H2,1H3,(H,19,21). The molecule has 0 saturated carbocycles. The first-order valence-corrected chi connectivity index (χ1v) is 9.09.